The van der Waals surface area contributed by atoms with E-state index in [1.165, 1.54) is 6.07 Å². The van der Waals surface area contributed by atoms with Crippen LogP contribution in [0.2, 0.25) is 0 Å². The summed E-state index contributed by atoms with van der Waals surface area (Å²) in [7, 11) is 0. The number of allylic oxidation sites excluding steroid dienone is 1. The summed E-state index contributed by atoms with van der Waals surface area (Å²) < 4.78 is 5.62. The molecule has 9 nitrogen and oxygen atoms in total. The van der Waals surface area contributed by atoms with Gasteiger partial charge in [-0.15, -0.1) is 0 Å². The van der Waals surface area contributed by atoms with E-state index in [2.05, 4.69) is 5.16 Å². The van der Waals surface area contributed by atoms with E-state index in [1.54, 1.807) is 17.9 Å². The molecule has 0 unspecified atom stereocenters. The number of oxime groups is 1. The van der Waals surface area contributed by atoms with Crippen molar-refractivity contribution in [2.75, 3.05) is 19.7 Å². The van der Waals surface area contributed by atoms with Crippen LogP contribution >= 0.6 is 0 Å². The molecule has 0 aliphatic carbocycles. The number of aromatic hydroxyl groups is 2. The molecule has 3 rings (SSSR count). The molecular weight excluding hydrogens is 474 g/mol. The number of amides is 1. The lowest BCUT2D eigenvalue weighted by Gasteiger charge is -2.26. The van der Waals surface area contributed by atoms with Gasteiger partial charge in [-0.3, -0.25) is 4.79 Å². The first-order valence-corrected chi connectivity index (χ1v) is 13.0. The van der Waals surface area contributed by atoms with Gasteiger partial charge in [0.1, 0.15) is 23.2 Å². The van der Waals surface area contributed by atoms with E-state index in [1.807, 2.05) is 32.1 Å². The SMILES string of the molecule is CC(C)c1c(O)cc(O)c2c1CC(=N/OCC(=O)N1CCCCC1)/C=C/C[C@H](N)/C=C/C[C@@H](C)OC2=O. The number of phenols is 2. The Labute approximate surface area is 218 Å². The van der Waals surface area contributed by atoms with Gasteiger partial charge < -0.3 is 30.4 Å². The molecule has 1 amide bonds. The van der Waals surface area contributed by atoms with Gasteiger partial charge in [0.05, 0.1) is 5.71 Å². The zero-order chi connectivity index (χ0) is 26.9. The number of cyclic esters (lactones) is 1. The second-order valence-electron chi connectivity index (χ2n) is 9.99. The van der Waals surface area contributed by atoms with E-state index in [0.717, 1.165) is 19.3 Å². The number of nitrogens with two attached hydrogens (primary N) is 1. The Kier molecular flexibility index (Phi) is 10.1. The third-order valence-corrected chi connectivity index (χ3v) is 6.53. The van der Waals surface area contributed by atoms with Crippen LogP contribution in [-0.4, -0.2) is 64.5 Å². The van der Waals surface area contributed by atoms with Crippen LogP contribution in [-0.2, 0) is 20.8 Å². The molecule has 9 heteroatoms. The number of fused-ring (bicyclic) bond motifs is 1. The number of carbonyl (C=O) groups excluding carboxylic acids is 2. The molecule has 202 valence electrons. The number of hydrogen-bond donors (Lipinski definition) is 3. The quantitative estimate of drug-likeness (QED) is 0.315. The molecule has 37 heavy (non-hydrogen) atoms. The van der Waals surface area contributed by atoms with Crippen LogP contribution in [0, 0.1) is 0 Å². The first kappa shape index (κ1) is 28.2. The van der Waals surface area contributed by atoms with Gasteiger partial charge in [0.2, 0.25) is 0 Å². The molecule has 1 aromatic carbocycles. The second kappa shape index (κ2) is 13.3. The van der Waals surface area contributed by atoms with Gasteiger partial charge in [-0.05, 0) is 50.2 Å². The van der Waals surface area contributed by atoms with Crippen molar-refractivity contribution in [2.45, 2.75) is 77.4 Å². The fourth-order valence-electron chi connectivity index (χ4n) is 4.66. The van der Waals surface area contributed by atoms with Gasteiger partial charge in [-0.2, -0.15) is 0 Å². The lowest BCUT2D eigenvalue weighted by atomic mass is 9.88. The van der Waals surface area contributed by atoms with Crippen LogP contribution in [0.15, 0.2) is 35.5 Å². The standard InChI is InChI=1S/C28H39N3O6/c1-18(2)26-22-15-21(30-36-17-25(34)31-13-5-4-6-14-31)12-8-11-20(29)10-7-9-19(3)37-28(35)27(22)24(33)16-23(26)32/h7-8,10,12,16,18-20,32-33H,4-6,9,11,13-15,17,29H2,1-3H3/b10-7+,12-8+,30-21+/t19-,20-/m1/s1. The normalized spacial score (nSPS) is 24.2. The zero-order valence-corrected chi connectivity index (χ0v) is 22.0. The Hall–Kier alpha value is -3.33. The highest BCUT2D eigenvalue weighted by Gasteiger charge is 2.27. The minimum Gasteiger partial charge on any atom is -0.508 e. The number of ether oxygens (including phenoxy) is 1. The smallest absolute Gasteiger partial charge is 0.342 e. The maximum absolute atomic E-state index is 13.2. The summed E-state index contributed by atoms with van der Waals surface area (Å²) in [6.45, 7) is 6.77. The summed E-state index contributed by atoms with van der Waals surface area (Å²) >= 11 is 0. The topological polar surface area (TPSA) is 135 Å². The van der Waals surface area contributed by atoms with Crippen LogP contribution < -0.4 is 5.73 Å². The Balaban J connectivity index is 1.99. The van der Waals surface area contributed by atoms with Crippen molar-refractivity contribution in [3.8, 4) is 11.5 Å². The van der Waals surface area contributed by atoms with Gasteiger partial charge in [0.15, 0.2) is 6.61 Å². The highest BCUT2D eigenvalue weighted by atomic mass is 16.6. The van der Waals surface area contributed by atoms with Crippen molar-refractivity contribution >= 4 is 17.6 Å². The first-order valence-electron chi connectivity index (χ1n) is 13.0. The fraction of sp³-hybridized carbons (Fsp3) is 0.536. The molecule has 0 radical (unpaired) electrons. The summed E-state index contributed by atoms with van der Waals surface area (Å²) in [5.41, 5.74) is 7.47. The second-order valence-corrected chi connectivity index (χ2v) is 9.99. The molecule has 0 spiro atoms. The predicted molar refractivity (Wildman–Crippen MR) is 142 cm³/mol. The van der Waals surface area contributed by atoms with Gasteiger partial charge in [0.25, 0.3) is 5.91 Å². The van der Waals surface area contributed by atoms with Gasteiger partial charge in [-0.25, -0.2) is 4.79 Å². The van der Waals surface area contributed by atoms with Gasteiger partial charge in [0, 0.05) is 43.6 Å². The van der Waals surface area contributed by atoms with Crippen molar-refractivity contribution in [1.82, 2.24) is 4.90 Å². The molecule has 2 heterocycles. The molecule has 1 fully saturated rings. The molecule has 2 aliphatic rings. The van der Waals surface area contributed by atoms with Crippen LogP contribution in [0.25, 0.3) is 0 Å². The number of benzene rings is 1. The Morgan fingerprint density at radius 2 is 1.92 bits per heavy atom. The molecular formula is C28H39N3O6. The van der Waals surface area contributed by atoms with E-state index in [0.29, 0.717) is 42.8 Å². The molecule has 4 N–H and O–H groups in total. The van der Waals surface area contributed by atoms with Gasteiger partial charge in [-0.1, -0.05) is 37.2 Å². The largest absolute Gasteiger partial charge is 0.508 e. The average molecular weight is 514 g/mol. The highest BCUT2D eigenvalue weighted by Crippen LogP contribution is 2.38. The lowest BCUT2D eigenvalue weighted by Crippen LogP contribution is -2.37. The van der Waals surface area contributed by atoms with Crippen LogP contribution in [0.4, 0.5) is 0 Å². The Morgan fingerprint density at radius 3 is 2.62 bits per heavy atom. The summed E-state index contributed by atoms with van der Waals surface area (Å²) in [6, 6.07) is 0.930. The number of phenolic OH excluding ortho intramolecular Hbond substituents is 2. The summed E-state index contributed by atoms with van der Waals surface area (Å²) in [4.78, 5) is 33.0. The number of piperidine rings is 1. The maximum atomic E-state index is 13.2. The summed E-state index contributed by atoms with van der Waals surface area (Å²) in [5.74, 6) is -1.48. The monoisotopic (exact) mass is 513 g/mol. The van der Waals surface area contributed by atoms with Crippen molar-refractivity contribution < 1.29 is 29.4 Å². The lowest BCUT2D eigenvalue weighted by molar-refractivity contribution is -0.137. The first-order chi connectivity index (χ1) is 17.7. The van der Waals surface area contributed by atoms with E-state index in [4.69, 9.17) is 15.3 Å². The molecule has 1 saturated heterocycles. The van der Waals surface area contributed by atoms with Crippen LogP contribution in [0.3, 0.4) is 0 Å². The van der Waals surface area contributed by atoms with Crippen molar-refractivity contribution in [1.29, 1.82) is 0 Å². The summed E-state index contributed by atoms with van der Waals surface area (Å²) in [5, 5.41) is 25.6. The van der Waals surface area contributed by atoms with E-state index in [-0.39, 0.29) is 48.0 Å². The number of likely N-dealkylation sites (tertiary alicyclic amines) is 1. The Morgan fingerprint density at radius 1 is 1.19 bits per heavy atom. The van der Waals surface area contributed by atoms with Crippen LogP contribution in [0.1, 0.15) is 80.3 Å². The third-order valence-electron chi connectivity index (χ3n) is 6.53. The minimum atomic E-state index is -0.693. The fourth-order valence-corrected chi connectivity index (χ4v) is 4.66. The number of carbonyl (C=O) groups is 2. The molecule has 2 atom stereocenters. The molecule has 0 bridgehead atoms. The zero-order valence-electron chi connectivity index (χ0n) is 22.0. The molecule has 2 aliphatic heterocycles. The average Bonchev–Trinajstić information content (AvgIpc) is 2.83. The Bertz CT molecular complexity index is 1060. The maximum Gasteiger partial charge on any atom is 0.342 e. The van der Waals surface area contributed by atoms with Gasteiger partial charge >= 0.3 is 5.97 Å². The van der Waals surface area contributed by atoms with Crippen molar-refractivity contribution in [3.05, 3.63) is 47.1 Å². The predicted octanol–water partition coefficient (Wildman–Crippen LogP) is 3.93. The number of rotatable bonds is 4. The minimum absolute atomic E-state index is 0.0171. The third kappa shape index (κ3) is 7.82. The highest BCUT2D eigenvalue weighted by molar-refractivity contribution is 6.01. The number of hydrogen-bond acceptors (Lipinski definition) is 8. The van der Waals surface area contributed by atoms with E-state index >= 15 is 0 Å². The van der Waals surface area contributed by atoms with E-state index in [9.17, 15) is 19.8 Å². The molecule has 1 aromatic rings. The van der Waals surface area contributed by atoms with Crippen molar-refractivity contribution in [2.24, 2.45) is 10.9 Å². The van der Waals surface area contributed by atoms with E-state index < -0.39 is 12.1 Å². The van der Waals surface area contributed by atoms with Crippen molar-refractivity contribution in [3.63, 3.8) is 0 Å². The van der Waals surface area contributed by atoms with Crippen LogP contribution in [0.5, 0.6) is 11.5 Å². The number of esters is 1. The summed E-state index contributed by atoms with van der Waals surface area (Å²) in [6.07, 6.45) is 11.0. The molecule has 0 saturated carbocycles. The molecule has 0 aromatic heterocycles. The number of nitrogens with zero attached hydrogens (tertiary/aromatic N) is 2.